The van der Waals surface area contributed by atoms with Gasteiger partial charge in [-0.1, -0.05) is 68.4 Å². The largest absolute Gasteiger partial charge is 0.368 e. The van der Waals surface area contributed by atoms with Crippen molar-refractivity contribution in [2.24, 2.45) is 5.92 Å². The first-order valence-corrected chi connectivity index (χ1v) is 10.1. The molecule has 1 amide bonds. The highest BCUT2D eigenvalue weighted by atomic mass is 16.5. The third-order valence-corrected chi connectivity index (χ3v) is 5.80. The zero-order chi connectivity index (χ0) is 19.7. The Labute approximate surface area is 166 Å². The summed E-state index contributed by atoms with van der Waals surface area (Å²) in [6, 6.07) is 18.1. The van der Waals surface area contributed by atoms with Crippen LogP contribution in [0.3, 0.4) is 0 Å². The zero-order valence-electron chi connectivity index (χ0n) is 16.5. The Hall–Kier alpha value is -2.46. The predicted molar refractivity (Wildman–Crippen MR) is 109 cm³/mol. The van der Waals surface area contributed by atoms with Crippen molar-refractivity contribution in [2.45, 2.75) is 44.8 Å². The van der Waals surface area contributed by atoms with Crippen molar-refractivity contribution in [2.75, 3.05) is 13.2 Å². The van der Waals surface area contributed by atoms with Gasteiger partial charge in [-0.25, -0.2) is 0 Å². The van der Waals surface area contributed by atoms with Gasteiger partial charge in [0, 0.05) is 6.54 Å². The maximum atomic E-state index is 13.5. The molecule has 0 radical (unpaired) electrons. The van der Waals surface area contributed by atoms with Crippen LogP contribution in [0.4, 0.5) is 0 Å². The normalized spacial score (nSPS) is 22.5. The molecule has 2 saturated heterocycles. The van der Waals surface area contributed by atoms with Gasteiger partial charge in [0.15, 0.2) is 5.78 Å². The van der Waals surface area contributed by atoms with Crippen molar-refractivity contribution < 1.29 is 14.3 Å². The molecule has 2 aliphatic rings. The van der Waals surface area contributed by atoms with E-state index < -0.39 is 0 Å². The Balaban J connectivity index is 1.65. The zero-order valence-corrected chi connectivity index (χ0v) is 16.5. The van der Waals surface area contributed by atoms with Crippen molar-refractivity contribution in [1.82, 2.24) is 4.90 Å². The molecule has 2 heterocycles. The van der Waals surface area contributed by atoms with E-state index in [0.29, 0.717) is 12.5 Å². The lowest BCUT2D eigenvalue weighted by Gasteiger charge is -2.28. The minimum absolute atomic E-state index is 0.0391. The van der Waals surface area contributed by atoms with Crippen LogP contribution in [0.25, 0.3) is 11.1 Å². The molecule has 0 bridgehead atoms. The second-order valence-electron chi connectivity index (χ2n) is 8.25. The van der Waals surface area contributed by atoms with Crippen LogP contribution >= 0.6 is 0 Å². The molecule has 2 aromatic rings. The third-order valence-electron chi connectivity index (χ3n) is 5.80. The Morgan fingerprint density at radius 1 is 1.11 bits per heavy atom. The van der Waals surface area contributed by atoms with Gasteiger partial charge in [0.2, 0.25) is 5.91 Å². The smallest absolute Gasteiger partial charge is 0.230 e. The summed E-state index contributed by atoms with van der Waals surface area (Å²) in [4.78, 5) is 27.6. The van der Waals surface area contributed by atoms with Gasteiger partial charge in [0.25, 0.3) is 0 Å². The summed E-state index contributed by atoms with van der Waals surface area (Å²) >= 11 is 0. The number of Topliss-reactive ketones (excluding diaryl/α,β-unsaturated/α-hetero) is 1. The maximum Gasteiger partial charge on any atom is 0.230 e. The molecule has 0 saturated carbocycles. The Bertz CT molecular complexity index is 861. The number of ether oxygens (including phenoxy) is 1. The highest BCUT2D eigenvalue weighted by Gasteiger charge is 2.47. The number of amides is 1. The maximum absolute atomic E-state index is 13.5. The van der Waals surface area contributed by atoms with Crippen LogP contribution in [0.15, 0.2) is 54.6 Å². The van der Waals surface area contributed by atoms with Crippen LogP contribution in [0.1, 0.15) is 38.2 Å². The average Bonchev–Trinajstić information content (AvgIpc) is 3.29. The van der Waals surface area contributed by atoms with Crippen LogP contribution < -0.4 is 0 Å². The van der Waals surface area contributed by atoms with E-state index in [2.05, 4.69) is 38.1 Å². The van der Waals surface area contributed by atoms with Crippen LogP contribution in [0, 0.1) is 5.92 Å². The number of hydrogen-bond donors (Lipinski definition) is 0. The molecular formula is C24H27NO3. The van der Waals surface area contributed by atoms with Crippen LogP contribution in [-0.4, -0.2) is 41.9 Å². The molecule has 2 fully saturated rings. The summed E-state index contributed by atoms with van der Waals surface area (Å²) in [7, 11) is 0. The van der Waals surface area contributed by atoms with Crippen LogP contribution in [0.2, 0.25) is 0 Å². The predicted octanol–water partition coefficient (Wildman–Crippen LogP) is 4.05. The van der Waals surface area contributed by atoms with Gasteiger partial charge in [-0.2, -0.15) is 0 Å². The fraction of sp³-hybridized carbons (Fsp3) is 0.417. The summed E-state index contributed by atoms with van der Waals surface area (Å²) in [5.41, 5.74) is 3.27. The molecule has 4 heteroatoms. The second-order valence-corrected chi connectivity index (χ2v) is 8.25. The monoisotopic (exact) mass is 377 g/mol. The number of fused-ring (bicyclic) bond motifs is 1. The first-order valence-electron chi connectivity index (χ1n) is 10.1. The number of benzene rings is 2. The second kappa shape index (κ2) is 7.88. The summed E-state index contributed by atoms with van der Waals surface area (Å²) in [5, 5.41) is 0. The fourth-order valence-corrected chi connectivity index (χ4v) is 4.46. The lowest BCUT2D eigenvalue weighted by atomic mass is 9.87. The van der Waals surface area contributed by atoms with E-state index in [1.165, 1.54) is 0 Å². The van der Waals surface area contributed by atoms with E-state index in [1.54, 1.807) is 4.90 Å². The minimum Gasteiger partial charge on any atom is -0.368 e. The van der Waals surface area contributed by atoms with Crippen molar-refractivity contribution in [3.05, 3.63) is 60.2 Å². The average molecular weight is 377 g/mol. The Kier molecular flexibility index (Phi) is 5.31. The molecule has 4 nitrogen and oxygen atoms in total. The number of nitrogens with zero attached hydrogens (tertiary/aromatic N) is 1. The van der Waals surface area contributed by atoms with Crippen molar-refractivity contribution >= 4 is 11.7 Å². The molecule has 0 N–H and O–H groups in total. The van der Waals surface area contributed by atoms with Gasteiger partial charge >= 0.3 is 0 Å². The molecule has 0 spiro atoms. The molecule has 0 aromatic heterocycles. The summed E-state index contributed by atoms with van der Waals surface area (Å²) < 4.78 is 5.57. The van der Waals surface area contributed by atoms with Crippen LogP contribution in [0.5, 0.6) is 0 Å². The summed E-state index contributed by atoms with van der Waals surface area (Å²) in [6.45, 7) is 5.01. The number of carbonyl (C=O) groups is 2. The van der Waals surface area contributed by atoms with E-state index in [4.69, 9.17) is 4.74 Å². The molecule has 2 unspecified atom stereocenters. The highest BCUT2D eigenvalue weighted by molar-refractivity contribution is 5.94. The SMILES string of the molecule is CC(C)CC(C(=O)N1CC[C@H]2OCC(=O)C21)c1cccc(-c2ccccc2)c1. The topological polar surface area (TPSA) is 46.6 Å². The van der Waals surface area contributed by atoms with E-state index in [-0.39, 0.29) is 36.4 Å². The molecule has 3 atom stereocenters. The summed E-state index contributed by atoms with van der Waals surface area (Å²) in [5.74, 6) is 0.238. The van der Waals surface area contributed by atoms with E-state index in [0.717, 1.165) is 29.5 Å². The number of rotatable bonds is 5. The van der Waals surface area contributed by atoms with E-state index >= 15 is 0 Å². The molecular weight excluding hydrogens is 350 g/mol. The van der Waals surface area contributed by atoms with Gasteiger partial charge in [0.1, 0.15) is 12.6 Å². The molecule has 2 aliphatic heterocycles. The standard InChI is InChI=1S/C24H27NO3/c1-16(2)13-20(24(27)25-12-11-22-23(25)21(26)15-28-22)19-10-6-9-18(14-19)17-7-4-3-5-8-17/h3-10,14,16,20,22-23H,11-13,15H2,1-2H3/t20?,22-,23?/m1/s1. The lowest BCUT2D eigenvalue weighted by molar-refractivity contribution is -0.138. The van der Waals surface area contributed by atoms with E-state index in [1.807, 2.05) is 30.3 Å². The number of carbonyl (C=O) groups excluding carboxylic acids is 2. The molecule has 0 aliphatic carbocycles. The molecule has 2 aromatic carbocycles. The third kappa shape index (κ3) is 3.61. The van der Waals surface area contributed by atoms with Gasteiger partial charge in [0.05, 0.1) is 12.0 Å². The van der Waals surface area contributed by atoms with Gasteiger partial charge < -0.3 is 9.64 Å². The number of likely N-dealkylation sites (tertiary alicyclic amines) is 1. The summed E-state index contributed by atoms with van der Waals surface area (Å²) in [6.07, 6.45) is 1.40. The first-order chi connectivity index (χ1) is 13.5. The van der Waals surface area contributed by atoms with Gasteiger partial charge in [-0.05, 0) is 35.4 Å². The molecule has 28 heavy (non-hydrogen) atoms. The quantitative estimate of drug-likeness (QED) is 0.790. The number of ketones is 1. The Morgan fingerprint density at radius 2 is 1.86 bits per heavy atom. The van der Waals surface area contributed by atoms with Crippen molar-refractivity contribution in [3.8, 4) is 11.1 Å². The Morgan fingerprint density at radius 3 is 2.61 bits per heavy atom. The van der Waals surface area contributed by atoms with Gasteiger partial charge in [-0.15, -0.1) is 0 Å². The highest BCUT2D eigenvalue weighted by Crippen LogP contribution is 2.34. The molecule has 4 rings (SSSR count). The minimum atomic E-state index is -0.389. The van der Waals surface area contributed by atoms with E-state index in [9.17, 15) is 9.59 Å². The van der Waals surface area contributed by atoms with Gasteiger partial charge in [-0.3, -0.25) is 9.59 Å². The number of hydrogen-bond acceptors (Lipinski definition) is 3. The molecule has 146 valence electrons. The fourth-order valence-electron chi connectivity index (χ4n) is 4.46. The lowest BCUT2D eigenvalue weighted by Crippen LogP contribution is -2.44. The van der Waals surface area contributed by atoms with Crippen molar-refractivity contribution in [3.63, 3.8) is 0 Å². The first kappa shape index (κ1) is 18.9. The van der Waals surface area contributed by atoms with Crippen LogP contribution in [-0.2, 0) is 14.3 Å². The van der Waals surface area contributed by atoms with Crippen molar-refractivity contribution in [1.29, 1.82) is 0 Å².